The summed E-state index contributed by atoms with van der Waals surface area (Å²) in [4.78, 5) is 0. The Kier molecular flexibility index (Phi) is 9.27. The van der Waals surface area contributed by atoms with Crippen molar-refractivity contribution in [2.75, 3.05) is 0 Å². The predicted octanol–water partition coefficient (Wildman–Crippen LogP) is 0.277. The van der Waals surface area contributed by atoms with Crippen LogP contribution in [0.1, 0.15) is 44.6 Å². The van der Waals surface area contributed by atoms with Crippen LogP contribution in [0.4, 0.5) is 0 Å². The summed E-state index contributed by atoms with van der Waals surface area (Å²) in [7, 11) is 0. The van der Waals surface area contributed by atoms with E-state index in [2.05, 4.69) is 6.92 Å². The Morgan fingerprint density at radius 2 is 1.53 bits per heavy atom. The smallest absolute Gasteiger partial charge is 0.872 e. The van der Waals surface area contributed by atoms with Gasteiger partial charge in [0.15, 0.2) is 0 Å². The third-order valence-electron chi connectivity index (χ3n) is 2.49. The second-order valence-electron chi connectivity index (χ2n) is 3.81. The first-order valence-corrected chi connectivity index (χ1v) is 5.59. The molecule has 0 saturated heterocycles. The van der Waals surface area contributed by atoms with Gasteiger partial charge in [0.25, 0.3) is 0 Å². The summed E-state index contributed by atoms with van der Waals surface area (Å²) in [5, 5.41) is 10.8. The zero-order valence-corrected chi connectivity index (χ0v) is 12.0. The van der Waals surface area contributed by atoms with Crippen molar-refractivity contribution < 1.29 is 34.7 Å². The van der Waals surface area contributed by atoms with E-state index in [-0.39, 0.29) is 35.3 Å². The van der Waals surface area contributed by atoms with Crippen molar-refractivity contribution in [3.05, 3.63) is 29.8 Å². The van der Waals surface area contributed by atoms with Gasteiger partial charge in [-0.05, 0) is 18.4 Å². The van der Waals surface area contributed by atoms with Crippen molar-refractivity contribution in [2.24, 2.45) is 0 Å². The minimum Gasteiger partial charge on any atom is -0.872 e. The average Bonchev–Trinajstić information content (AvgIpc) is 2.21. The van der Waals surface area contributed by atoms with Gasteiger partial charge in [-0.1, -0.05) is 56.9 Å². The number of hydrogen-bond acceptors (Lipinski definition) is 1. The summed E-state index contributed by atoms with van der Waals surface area (Å²) in [6, 6.07) is 7.20. The number of rotatable bonds is 6. The molecule has 15 heavy (non-hydrogen) atoms. The molecule has 0 heterocycles. The summed E-state index contributed by atoms with van der Waals surface area (Å²) < 4.78 is 0. The normalized spacial score (nSPS) is 9.67. The van der Waals surface area contributed by atoms with Crippen molar-refractivity contribution in [3.8, 4) is 5.75 Å². The standard InChI is InChI=1S/C13H20O.Na/c1-2-3-4-5-6-7-12-8-10-13(14)11-9-12;/h8-11,14H,2-7H2,1H3;/q;+1/p-1. The summed E-state index contributed by atoms with van der Waals surface area (Å²) in [6.07, 6.45) is 7.66. The van der Waals surface area contributed by atoms with Crippen LogP contribution in [0.15, 0.2) is 24.3 Å². The van der Waals surface area contributed by atoms with Crippen LogP contribution in [0.25, 0.3) is 0 Å². The van der Waals surface area contributed by atoms with Gasteiger partial charge in [-0.2, -0.15) is 0 Å². The summed E-state index contributed by atoms with van der Waals surface area (Å²) >= 11 is 0. The molecule has 0 unspecified atom stereocenters. The molecule has 0 aliphatic carbocycles. The van der Waals surface area contributed by atoms with Gasteiger partial charge in [-0.15, -0.1) is 5.75 Å². The van der Waals surface area contributed by atoms with Crippen LogP contribution >= 0.6 is 0 Å². The van der Waals surface area contributed by atoms with Crippen LogP contribution in [-0.2, 0) is 6.42 Å². The minimum absolute atomic E-state index is 0. The molecule has 2 heteroatoms. The van der Waals surface area contributed by atoms with E-state index in [0.29, 0.717) is 0 Å². The van der Waals surface area contributed by atoms with E-state index in [9.17, 15) is 5.11 Å². The molecule has 0 bridgehead atoms. The molecule has 1 aromatic carbocycles. The first kappa shape index (κ1) is 15.0. The van der Waals surface area contributed by atoms with Crippen molar-refractivity contribution in [1.29, 1.82) is 0 Å². The maximum atomic E-state index is 10.8. The maximum absolute atomic E-state index is 10.8. The molecule has 0 aromatic heterocycles. The molecule has 0 spiro atoms. The molecule has 1 nitrogen and oxygen atoms in total. The molecule has 0 aliphatic heterocycles. The van der Waals surface area contributed by atoms with Crippen LogP contribution in [-0.4, -0.2) is 0 Å². The van der Waals surface area contributed by atoms with E-state index in [1.807, 2.05) is 12.1 Å². The molecule has 78 valence electrons. The van der Waals surface area contributed by atoms with Gasteiger partial charge >= 0.3 is 29.6 Å². The topological polar surface area (TPSA) is 23.1 Å². The molecule has 0 radical (unpaired) electrons. The van der Waals surface area contributed by atoms with E-state index in [1.165, 1.54) is 37.7 Å². The number of aryl methyl sites for hydroxylation is 1. The molecule has 0 aliphatic rings. The van der Waals surface area contributed by atoms with Crippen LogP contribution in [0, 0.1) is 0 Å². The summed E-state index contributed by atoms with van der Waals surface area (Å²) in [6.45, 7) is 2.23. The van der Waals surface area contributed by atoms with Gasteiger partial charge in [-0.25, -0.2) is 0 Å². The Bertz CT molecular complexity index is 243. The van der Waals surface area contributed by atoms with E-state index in [4.69, 9.17) is 0 Å². The second-order valence-corrected chi connectivity index (χ2v) is 3.81. The van der Waals surface area contributed by atoms with Crippen LogP contribution in [0.2, 0.25) is 0 Å². The molecule has 0 amide bonds. The third kappa shape index (κ3) is 6.99. The van der Waals surface area contributed by atoms with Gasteiger partial charge in [0.1, 0.15) is 0 Å². The van der Waals surface area contributed by atoms with Crippen LogP contribution < -0.4 is 34.7 Å². The third-order valence-corrected chi connectivity index (χ3v) is 2.49. The number of unbranched alkanes of at least 4 members (excludes halogenated alkanes) is 4. The van der Waals surface area contributed by atoms with Gasteiger partial charge in [0.2, 0.25) is 0 Å². The van der Waals surface area contributed by atoms with E-state index < -0.39 is 0 Å². The van der Waals surface area contributed by atoms with Crippen molar-refractivity contribution in [3.63, 3.8) is 0 Å². The fraction of sp³-hybridized carbons (Fsp3) is 0.538. The molecule has 0 saturated carbocycles. The predicted molar refractivity (Wildman–Crippen MR) is 58.4 cm³/mol. The Balaban J connectivity index is 0.00000196. The minimum atomic E-state index is 0. The zero-order valence-electron chi connectivity index (χ0n) is 9.96. The Morgan fingerprint density at radius 3 is 2.13 bits per heavy atom. The number of benzene rings is 1. The van der Waals surface area contributed by atoms with Gasteiger partial charge in [0, 0.05) is 0 Å². The van der Waals surface area contributed by atoms with Gasteiger partial charge in [0.05, 0.1) is 0 Å². The van der Waals surface area contributed by atoms with Crippen molar-refractivity contribution >= 4 is 0 Å². The molecular formula is C13H19NaO. The largest absolute Gasteiger partial charge is 1.00 e. The van der Waals surface area contributed by atoms with Crippen LogP contribution in [0.5, 0.6) is 5.75 Å². The fourth-order valence-electron chi connectivity index (χ4n) is 1.59. The summed E-state index contributed by atoms with van der Waals surface area (Å²) in [5.74, 6) is 0.111. The maximum Gasteiger partial charge on any atom is 1.00 e. The van der Waals surface area contributed by atoms with E-state index >= 15 is 0 Å². The van der Waals surface area contributed by atoms with Gasteiger partial charge in [-0.3, -0.25) is 0 Å². The fourth-order valence-corrected chi connectivity index (χ4v) is 1.59. The zero-order chi connectivity index (χ0) is 10.2. The molecule has 0 fully saturated rings. The summed E-state index contributed by atoms with van der Waals surface area (Å²) in [5.41, 5.74) is 1.29. The SMILES string of the molecule is CCCCCCCc1ccc([O-])cc1.[Na+]. The van der Waals surface area contributed by atoms with Crippen molar-refractivity contribution in [2.45, 2.75) is 45.4 Å². The Morgan fingerprint density at radius 1 is 0.933 bits per heavy atom. The molecular weight excluding hydrogens is 195 g/mol. The number of hydrogen-bond donors (Lipinski definition) is 0. The van der Waals surface area contributed by atoms with E-state index in [0.717, 1.165) is 6.42 Å². The quantitative estimate of drug-likeness (QED) is 0.492. The van der Waals surface area contributed by atoms with Crippen molar-refractivity contribution in [1.82, 2.24) is 0 Å². The molecule has 0 atom stereocenters. The van der Waals surface area contributed by atoms with Crippen LogP contribution in [0.3, 0.4) is 0 Å². The second kappa shape index (κ2) is 9.26. The first-order valence-electron chi connectivity index (χ1n) is 5.59. The van der Waals surface area contributed by atoms with E-state index in [1.54, 1.807) is 12.1 Å². The average molecular weight is 214 g/mol. The Hall–Kier alpha value is 0.0200. The molecule has 1 aromatic rings. The Labute approximate surface area is 115 Å². The molecule has 0 N–H and O–H groups in total. The monoisotopic (exact) mass is 214 g/mol. The molecule has 1 rings (SSSR count). The van der Waals surface area contributed by atoms with Gasteiger partial charge < -0.3 is 5.11 Å². The first-order chi connectivity index (χ1) is 6.83.